The van der Waals surface area contributed by atoms with Gasteiger partial charge in [0.25, 0.3) is 5.91 Å². The molecule has 0 fully saturated rings. The second-order valence-corrected chi connectivity index (χ2v) is 9.44. The Morgan fingerprint density at radius 2 is 1.75 bits per heavy atom. The van der Waals surface area contributed by atoms with Crippen molar-refractivity contribution in [1.82, 2.24) is 14.8 Å². The van der Waals surface area contributed by atoms with Crippen molar-refractivity contribution in [2.45, 2.75) is 33.1 Å². The maximum absolute atomic E-state index is 12.9. The molecule has 0 aliphatic carbocycles. The molecule has 2 aromatic heterocycles. The Kier molecular flexibility index (Phi) is 5.84. The van der Waals surface area contributed by atoms with E-state index >= 15 is 0 Å². The summed E-state index contributed by atoms with van der Waals surface area (Å²) in [5, 5.41) is 10.2. The topological polar surface area (TPSA) is 69.0 Å². The number of hydrogen-bond acceptors (Lipinski definition) is 5. The number of amides is 1. The SMILES string of the molecule is COc1ccc(-c2csc(-n3nc(C)cc3NC(=O)c3ccc(C(C)(C)C)cc3)n2)cc1. The zero-order chi connectivity index (χ0) is 22.9. The van der Waals surface area contributed by atoms with Crippen molar-refractivity contribution < 1.29 is 9.53 Å². The minimum atomic E-state index is -0.182. The first-order valence-corrected chi connectivity index (χ1v) is 11.2. The number of hydrogen-bond donors (Lipinski definition) is 1. The Hall–Kier alpha value is -3.45. The summed E-state index contributed by atoms with van der Waals surface area (Å²) in [4.78, 5) is 17.6. The predicted molar refractivity (Wildman–Crippen MR) is 129 cm³/mol. The van der Waals surface area contributed by atoms with Crippen LogP contribution < -0.4 is 10.1 Å². The van der Waals surface area contributed by atoms with Crippen LogP contribution in [-0.4, -0.2) is 27.8 Å². The Morgan fingerprint density at radius 1 is 1.06 bits per heavy atom. The van der Waals surface area contributed by atoms with Crippen molar-refractivity contribution >= 4 is 23.1 Å². The number of aryl methyl sites for hydroxylation is 1. The molecule has 0 aliphatic heterocycles. The third-order valence-corrected chi connectivity index (χ3v) is 5.96. The number of thiazole rings is 1. The summed E-state index contributed by atoms with van der Waals surface area (Å²) in [6.07, 6.45) is 0. The first-order valence-electron chi connectivity index (χ1n) is 10.3. The molecule has 164 valence electrons. The maximum Gasteiger partial charge on any atom is 0.256 e. The number of nitrogens with zero attached hydrogens (tertiary/aromatic N) is 3. The fraction of sp³-hybridized carbons (Fsp3) is 0.240. The van der Waals surface area contributed by atoms with Crippen LogP contribution in [0.4, 0.5) is 5.82 Å². The van der Waals surface area contributed by atoms with Gasteiger partial charge < -0.3 is 10.1 Å². The zero-order valence-corrected chi connectivity index (χ0v) is 19.7. The number of carbonyl (C=O) groups is 1. The second-order valence-electron chi connectivity index (χ2n) is 8.61. The molecule has 4 rings (SSSR count). The van der Waals surface area contributed by atoms with E-state index in [9.17, 15) is 4.79 Å². The summed E-state index contributed by atoms with van der Waals surface area (Å²) in [6, 6.07) is 17.3. The first-order chi connectivity index (χ1) is 15.2. The molecule has 1 amide bonds. The van der Waals surface area contributed by atoms with Gasteiger partial charge in [0.2, 0.25) is 5.13 Å². The fourth-order valence-electron chi connectivity index (χ4n) is 3.30. The van der Waals surface area contributed by atoms with E-state index < -0.39 is 0 Å². The van der Waals surface area contributed by atoms with Gasteiger partial charge in [-0.05, 0) is 54.3 Å². The number of benzene rings is 2. The minimum absolute atomic E-state index is 0.0389. The molecular weight excluding hydrogens is 420 g/mol. The number of ether oxygens (including phenoxy) is 1. The van der Waals surface area contributed by atoms with Gasteiger partial charge in [-0.15, -0.1) is 11.3 Å². The van der Waals surface area contributed by atoms with Gasteiger partial charge in [-0.3, -0.25) is 4.79 Å². The Balaban J connectivity index is 1.57. The van der Waals surface area contributed by atoms with Crippen LogP contribution in [0.2, 0.25) is 0 Å². The number of methoxy groups -OCH3 is 1. The monoisotopic (exact) mass is 446 g/mol. The van der Waals surface area contributed by atoms with Gasteiger partial charge in [-0.1, -0.05) is 32.9 Å². The summed E-state index contributed by atoms with van der Waals surface area (Å²) >= 11 is 1.47. The van der Waals surface area contributed by atoms with E-state index in [0.717, 1.165) is 22.7 Å². The lowest BCUT2D eigenvalue weighted by molar-refractivity contribution is 0.102. The Morgan fingerprint density at radius 3 is 2.38 bits per heavy atom. The lowest BCUT2D eigenvalue weighted by atomic mass is 9.87. The number of carbonyl (C=O) groups excluding carboxylic acids is 1. The van der Waals surface area contributed by atoms with Gasteiger partial charge in [-0.2, -0.15) is 9.78 Å². The van der Waals surface area contributed by atoms with Crippen LogP contribution in [0.3, 0.4) is 0 Å². The summed E-state index contributed by atoms with van der Waals surface area (Å²) in [5.74, 6) is 1.20. The number of aromatic nitrogens is 3. The highest BCUT2D eigenvalue weighted by Gasteiger charge is 2.17. The summed E-state index contributed by atoms with van der Waals surface area (Å²) < 4.78 is 6.90. The molecule has 0 saturated carbocycles. The zero-order valence-electron chi connectivity index (χ0n) is 18.8. The molecule has 1 N–H and O–H groups in total. The summed E-state index contributed by atoms with van der Waals surface area (Å²) in [5.41, 5.74) is 4.45. The van der Waals surface area contributed by atoms with Gasteiger partial charge in [0.05, 0.1) is 18.5 Å². The molecule has 0 bridgehead atoms. The molecule has 0 aliphatic rings. The van der Waals surface area contributed by atoms with Crippen LogP contribution in [-0.2, 0) is 5.41 Å². The average molecular weight is 447 g/mol. The average Bonchev–Trinajstić information content (AvgIpc) is 3.40. The van der Waals surface area contributed by atoms with Crippen LogP contribution in [0.25, 0.3) is 16.4 Å². The third kappa shape index (κ3) is 4.57. The van der Waals surface area contributed by atoms with E-state index in [-0.39, 0.29) is 11.3 Å². The molecule has 32 heavy (non-hydrogen) atoms. The van der Waals surface area contributed by atoms with Crippen LogP contribution in [0.1, 0.15) is 42.4 Å². The molecule has 2 heterocycles. The van der Waals surface area contributed by atoms with Crippen LogP contribution in [0.5, 0.6) is 5.75 Å². The molecule has 6 nitrogen and oxygen atoms in total. The summed E-state index contributed by atoms with van der Waals surface area (Å²) in [7, 11) is 1.64. The molecule has 0 spiro atoms. The molecule has 0 radical (unpaired) electrons. The molecule has 2 aromatic carbocycles. The number of rotatable bonds is 5. The molecule has 0 unspecified atom stereocenters. The van der Waals surface area contributed by atoms with Crippen molar-refractivity contribution in [3.8, 4) is 22.1 Å². The molecule has 7 heteroatoms. The highest BCUT2D eigenvalue weighted by Crippen LogP contribution is 2.28. The Bertz CT molecular complexity index is 1230. The highest BCUT2D eigenvalue weighted by atomic mass is 32.1. The smallest absolute Gasteiger partial charge is 0.256 e. The number of anilines is 1. The second kappa shape index (κ2) is 8.59. The minimum Gasteiger partial charge on any atom is -0.497 e. The van der Waals surface area contributed by atoms with Gasteiger partial charge in [0.15, 0.2) is 0 Å². The standard InChI is InChI=1S/C25H26N4O2S/c1-16-14-22(27-23(30)18-6-10-19(11-7-18)25(2,3)4)29(28-16)24-26-21(15-32-24)17-8-12-20(31-5)13-9-17/h6-15H,1-5H3,(H,27,30). The highest BCUT2D eigenvalue weighted by molar-refractivity contribution is 7.12. The van der Waals surface area contributed by atoms with Crippen molar-refractivity contribution in [1.29, 1.82) is 0 Å². The van der Waals surface area contributed by atoms with E-state index in [1.165, 1.54) is 16.9 Å². The fourth-order valence-corrected chi connectivity index (χ4v) is 4.10. The van der Waals surface area contributed by atoms with Crippen LogP contribution >= 0.6 is 11.3 Å². The molecular formula is C25H26N4O2S. The molecule has 0 saturated heterocycles. The maximum atomic E-state index is 12.9. The Labute approximate surface area is 191 Å². The van der Waals surface area contributed by atoms with E-state index in [1.807, 2.05) is 66.9 Å². The van der Waals surface area contributed by atoms with Gasteiger partial charge in [0.1, 0.15) is 11.6 Å². The lowest BCUT2D eigenvalue weighted by Gasteiger charge is -2.19. The molecule has 4 aromatic rings. The number of nitrogens with one attached hydrogen (secondary N) is 1. The van der Waals surface area contributed by atoms with Gasteiger partial charge in [0, 0.05) is 22.6 Å². The summed E-state index contributed by atoms with van der Waals surface area (Å²) in [6.45, 7) is 8.34. The van der Waals surface area contributed by atoms with Gasteiger partial charge in [-0.25, -0.2) is 4.98 Å². The van der Waals surface area contributed by atoms with Crippen LogP contribution in [0.15, 0.2) is 60.0 Å². The first kappa shape index (κ1) is 21.8. The van der Waals surface area contributed by atoms with E-state index in [1.54, 1.807) is 11.8 Å². The van der Waals surface area contributed by atoms with Crippen molar-refractivity contribution in [2.75, 3.05) is 12.4 Å². The normalized spacial score (nSPS) is 11.4. The predicted octanol–water partition coefficient (Wildman–Crippen LogP) is 5.86. The lowest BCUT2D eigenvalue weighted by Crippen LogP contribution is -2.16. The van der Waals surface area contributed by atoms with E-state index in [4.69, 9.17) is 9.72 Å². The molecule has 0 atom stereocenters. The van der Waals surface area contributed by atoms with Crippen molar-refractivity contribution in [3.05, 3.63) is 76.8 Å². The van der Waals surface area contributed by atoms with Crippen molar-refractivity contribution in [2.24, 2.45) is 0 Å². The quantitative estimate of drug-likeness (QED) is 0.417. The largest absolute Gasteiger partial charge is 0.497 e. The third-order valence-electron chi connectivity index (χ3n) is 5.15. The van der Waals surface area contributed by atoms with Gasteiger partial charge >= 0.3 is 0 Å². The van der Waals surface area contributed by atoms with Crippen LogP contribution in [0, 0.1) is 6.92 Å². The van der Waals surface area contributed by atoms with E-state index in [0.29, 0.717) is 16.5 Å². The van der Waals surface area contributed by atoms with E-state index in [2.05, 4.69) is 31.2 Å². The van der Waals surface area contributed by atoms with Crippen molar-refractivity contribution in [3.63, 3.8) is 0 Å².